The lowest BCUT2D eigenvalue weighted by atomic mass is 9.91. The molecule has 0 bridgehead atoms. The fourth-order valence-electron chi connectivity index (χ4n) is 1.77. The number of nitrogens with zero attached hydrogens (tertiary/aromatic N) is 1. The number of piperidine rings is 1. The number of methoxy groups -OCH3 is 1. The number of hydrogen-bond donors (Lipinski definition) is 1. The molecule has 16 heavy (non-hydrogen) atoms. The van der Waals surface area contributed by atoms with Crippen molar-refractivity contribution in [1.82, 2.24) is 4.90 Å². The number of carboxylic acids is 1. The van der Waals surface area contributed by atoms with Gasteiger partial charge in [-0.3, -0.25) is 0 Å². The summed E-state index contributed by atoms with van der Waals surface area (Å²) in [6, 6.07) is 0. The second kappa shape index (κ2) is 5.16. The monoisotopic (exact) mass is 231 g/mol. The van der Waals surface area contributed by atoms with Crippen LogP contribution in [-0.2, 0) is 14.3 Å². The average Bonchev–Trinajstić information content (AvgIpc) is 2.29. The summed E-state index contributed by atoms with van der Waals surface area (Å²) in [5, 5.41) is 9.06. The molecule has 6 nitrogen and oxygen atoms in total. The number of aliphatic carboxylic acids is 1. The van der Waals surface area contributed by atoms with Gasteiger partial charge in [0.15, 0.2) is 5.60 Å². The highest BCUT2D eigenvalue weighted by Crippen LogP contribution is 2.26. The van der Waals surface area contributed by atoms with Gasteiger partial charge in [-0.25, -0.2) is 9.59 Å². The molecule has 0 aromatic rings. The van der Waals surface area contributed by atoms with Gasteiger partial charge in [-0.05, 0) is 6.92 Å². The van der Waals surface area contributed by atoms with E-state index in [4.69, 9.17) is 14.6 Å². The first-order valence-corrected chi connectivity index (χ1v) is 5.26. The summed E-state index contributed by atoms with van der Waals surface area (Å²) in [6.45, 7) is 2.75. The Morgan fingerprint density at radius 3 is 2.31 bits per heavy atom. The Labute approximate surface area is 94.1 Å². The van der Waals surface area contributed by atoms with E-state index in [1.165, 1.54) is 12.0 Å². The number of carbonyl (C=O) groups is 2. The van der Waals surface area contributed by atoms with Gasteiger partial charge in [-0.15, -0.1) is 0 Å². The molecule has 1 rings (SSSR count). The fourth-order valence-corrected chi connectivity index (χ4v) is 1.77. The first-order chi connectivity index (χ1) is 7.55. The maximum Gasteiger partial charge on any atom is 0.409 e. The van der Waals surface area contributed by atoms with Crippen molar-refractivity contribution in [2.75, 3.05) is 26.8 Å². The zero-order valence-corrected chi connectivity index (χ0v) is 9.56. The number of hydrogen-bond acceptors (Lipinski definition) is 4. The maximum atomic E-state index is 11.4. The van der Waals surface area contributed by atoms with E-state index in [0.29, 0.717) is 19.7 Å². The van der Waals surface area contributed by atoms with Crippen molar-refractivity contribution < 1.29 is 24.2 Å². The molecule has 1 saturated heterocycles. The highest BCUT2D eigenvalue weighted by molar-refractivity contribution is 5.78. The molecule has 92 valence electrons. The number of ether oxygens (including phenoxy) is 2. The lowest BCUT2D eigenvalue weighted by Crippen LogP contribution is -2.52. The third kappa shape index (κ3) is 2.44. The highest BCUT2D eigenvalue weighted by Gasteiger charge is 2.42. The minimum atomic E-state index is -1.15. The van der Waals surface area contributed by atoms with Gasteiger partial charge >= 0.3 is 12.1 Å². The van der Waals surface area contributed by atoms with E-state index in [9.17, 15) is 9.59 Å². The van der Waals surface area contributed by atoms with Crippen LogP contribution in [0.2, 0.25) is 0 Å². The van der Waals surface area contributed by atoms with Crippen LogP contribution in [0, 0.1) is 0 Å². The quantitative estimate of drug-likeness (QED) is 0.774. The molecule has 1 N–H and O–H groups in total. The van der Waals surface area contributed by atoms with Gasteiger partial charge in [0.25, 0.3) is 0 Å². The molecule has 0 saturated carbocycles. The normalized spacial score (nSPS) is 19.2. The first kappa shape index (κ1) is 12.8. The predicted molar refractivity (Wildman–Crippen MR) is 55.2 cm³/mol. The van der Waals surface area contributed by atoms with Gasteiger partial charge in [0, 0.05) is 33.0 Å². The van der Waals surface area contributed by atoms with Crippen LogP contribution in [0.5, 0.6) is 0 Å². The predicted octanol–water partition coefficient (Wildman–Crippen LogP) is 0.708. The van der Waals surface area contributed by atoms with Crippen molar-refractivity contribution in [3.05, 3.63) is 0 Å². The van der Waals surface area contributed by atoms with E-state index < -0.39 is 17.7 Å². The molecule has 0 radical (unpaired) electrons. The summed E-state index contributed by atoms with van der Waals surface area (Å²) in [6.07, 6.45) is 0.188. The molecular weight excluding hydrogens is 214 g/mol. The Bertz CT molecular complexity index is 270. The summed E-state index contributed by atoms with van der Waals surface area (Å²) >= 11 is 0. The smallest absolute Gasteiger partial charge is 0.409 e. The van der Waals surface area contributed by atoms with Crippen LogP contribution < -0.4 is 0 Å². The van der Waals surface area contributed by atoms with Gasteiger partial charge in [0.1, 0.15) is 0 Å². The SMILES string of the molecule is CCOC(=O)N1CCC(OC)(C(=O)O)CC1. The molecule has 1 aliphatic rings. The van der Waals surface area contributed by atoms with Crippen molar-refractivity contribution in [2.24, 2.45) is 0 Å². The Morgan fingerprint density at radius 2 is 1.94 bits per heavy atom. The summed E-state index contributed by atoms with van der Waals surface area (Å²) in [4.78, 5) is 23.9. The molecule has 0 aromatic carbocycles. The van der Waals surface area contributed by atoms with Gasteiger partial charge in [0.2, 0.25) is 0 Å². The molecule has 1 fully saturated rings. The van der Waals surface area contributed by atoms with Crippen LogP contribution in [-0.4, -0.2) is 54.5 Å². The third-order valence-electron chi connectivity index (χ3n) is 2.88. The highest BCUT2D eigenvalue weighted by atomic mass is 16.6. The zero-order chi connectivity index (χ0) is 12.2. The molecule has 0 aromatic heterocycles. The molecule has 6 heteroatoms. The molecule has 0 atom stereocenters. The number of amides is 1. The van der Waals surface area contributed by atoms with E-state index in [1.807, 2.05) is 0 Å². The van der Waals surface area contributed by atoms with Gasteiger partial charge in [0.05, 0.1) is 6.61 Å². The van der Waals surface area contributed by atoms with Crippen molar-refractivity contribution in [2.45, 2.75) is 25.4 Å². The third-order valence-corrected chi connectivity index (χ3v) is 2.88. The van der Waals surface area contributed by atoms with Crippen molar-refractivity contribution in [3.63, 3.8) is 0 Å². The number of carbonyl (C=O) groups excluding carboxylic acids is 1. The standard InChI is InChI=1S/C10H17NO5/c1-3-16-9(14)11-6-4-10(15-2,5-7-11)8(12)13/h3-7H2,1-2H3,(H,12,13). The van der Waals surface area contributed by atoms with Gasteiger partial charge < -0.3 is 19.5 Å². The minimum Gasteiger partial charge on any atom is -0.479 e. The molecule has 0 aliphatic carbocycles. The summed E-state index contributed by atoms with van der Waals surface area (Å²) in [5.74, 6) is -0.974. The first-order valence-electron chi connectivity index (χ1n) is 5.26. The largest absolute Gasteiger partial charge is 0.479 e. The summed E-state index contributed by atoms with van der Waals surface area (Å²) < 4.78 is 9.89. The topological polar surface area (TPSA) is 76.1 Å². The van der Waals surface area contributed by atoms with Crippen molar-refractivity contribution >= 4 is 12.1 Å². The molecular formula is C10H17NO5. The lowest BCUT2D eigenvalue weighted by Gasteiger charge is -2.37. The van der Waals surface area contributed by atoms with Crippen molar-refractivity contribution in [1.29, 1.82) is 0 Å². The van der Waals surface area contributed by atoms with Crippen LogP contribution in [0.1, 0.15) is 19.8 Å². The Morgan fingerprint density at radius 1 is 1.38 bits per heavy atom. The van der Waals surface area contributed by atoms with Crippen LogP contribution in [0.4, 0.5) is 4.79 Å². The van der Waals surface area contributed by atoms with Gasteiger partial charge in [-0.2, -0.15) is 0 Å². The summed E-state index contributed by atoms with van der Waals surface area (Å²) in [5.41, 5.74) is -1.15. The Balaban J connectivity index is 2.56. The van der Waals surface area contributed by atoms with E-state index >= 15 is 0 Å². The number of carboxylic acid groups (broad SMARTS) is 1. The van der Waals surface area contributed by atoms with Crippen LogP contribution in [0.3, 0.4) is 0 Å². The molecule has 1 heterocycles. The Kier molecular flexibility index (Phi) is 4.12. The molecule has 0 unspecified atom stereocenters. The second-order valence-corrected chi connectivity index (χ2v) is 3.69. The lowest BCUT2D eigenvalue weighted by molar-refractivity contribution is -0.167. The fraction of sp³-hybridized carbons (Fsp3) is 0.800. The Hall–Kier alpha value is -1.30. The van der Waals surface area contributed by atoms with Crippen molar-refractivity contribution in [3.8, 4) is 0 Å². The second-order valence-electron chi connectivity index (χ2n) is 3.69. The number of likely N-dealkylation sites (tertiary alicyclic amines) is 1. The maximum absolute atomic E-state index is 11.4. The molecule has 0 spiro atoms. The minimum absolute atomic E-state index is 0.289. The zero-order valence-electron chi connectivity index (χ0n) is 9.56. The van der Waals surface area contributed by atoms with E-state index in [1.54, 1.807) is 6.92 Å². The summed E-state index contributed by atoms with van der Waals surface area (Å²) in [7, 11) is 1.38. The van der Waals surface area contributed by atoms with Gasteiger partial charge in [-0.1, -0.05) is 0 Å². The van der Waals surface area contributed by atoms with E-state index in [-0.39, 0.29) is 12.8 Å². The van der Waals surface area contributed by atoms with Crippen LogP contribution in [0.25, 0.3) is 0 Å². The molecule has 1 aliphatic heterocycles. The average molecular weight is 231 g/mol. The number of rotatable bonds is 3. The van der Waals surface area contributed by atoms with E-state index in [2.05, 4.69) is 0 Å². The van der Waals surface area contributed by atoms with E-state index in [0.717, 1.165) is 0 Å². The van der Waals surface area contributed by atoms with Crippen LogP contribution in [0.15, 0.2) is 0 Å². The molecule has 1 amide bonds. The van der Waals surface area contributed by atoms with Crippen LogP contribution >= 0.6 is 0 Å².